The molecule has 1 aromatic carbocycles. The third kappa shape index (κ3) is 2.23. The standard InChI is InChI=1S/C14H9ClN4O/c1-20-14-11(7-17)12(10(6-16)13(18)19-14)8-2-4-9(15)5-3-8/h2-5H,1H3,(H2,18,19). The number of pyridine rings is 1. The zero-order chi connectivity index (χ0) is 14.7. The van der Waals surface area contributed by atoms with Gasteiger partial charge in [0, 0.05) is 10.6 Å². The van der Waals surface area contributed by atoms with E-state index in [-0.39, 0.29) is 22.8 Å². The van der Waals surface area contributed by atoms with Gasteiger partial charge in [-0.1, -0.05) is 23.7 Å². The number of ether oxygens (including phenoxy) is 1. The van der Waals surface area contributed by atoms with Gasteiger partial charge in [0.1, 0.15) is 29.1 Å². The summed E-state index contributed by atoms with van der Waals surface area (Å²) in [5.74, 6) is 0.113. The van der Waals surface area contributed by atoms with Gasteiger partial charge in [0.25, 0.3) is 0 Å². The van der Waals surface area contributed by atoms with Crippen molar-refractivity contribution in [2.75, 3.05) is 12.8 Å². The van der Waals surface area contributed by atoms with Gasteiger partial charge in [-0.05, 0) is 17.7 Å². The third-order valence-electron chi connectivity index (χ3n) is 2.74. The molecule has 0 atom stereocenters. The van der Waals surface area contributed by atoms with Crippen LogP contribution in [-0.4, -0.2) is 12.1 Å². The number of aromatic nitrogens is 1. The molecule has 2 aromatic rings. The Hall–Kier alpha value is -2.76. The number of anilines is 1. The smallest absolute Gasteiger partial charge is 0.234 e. The molecule has 0 bridgehead atoms. The number of methoxy groups -OCH3 is 1. The van der Waals surface area contributed by atoms with Crippen LogP contribution in [0.2, 0.25) is 5.02 Å². The summed E-state index contributed by atoms with van der Waals surface area (Å²) in [7, 11) is 1.39. The van der Waals surface area contributed by atoms with Gasteiger partial charge < -0.3 is 10.5 Å². The van der Waals surface area contributed by atoms with Crippen molar-refractivity contribution in [2.24, 2.45) is 0 Å². The van der Waals surface area contributed by atoms with Crippen LogP contribution in [0.5, 0.6) is 5.88 Å². The van der Waals surface area contributed by atoms with Gasteiger partial charge in [-0.2, -0.15) is 15.5 Å². The van der Waals surface area contributed by atoms with Gasteiger partial charge in [-0.3, -0.25) is 0 Å². The molecule has 6 heteroatoms. The second-order valence-electron chi connectivity index (χ2n) is 3.86. The van der Waals surface area contributed by atoms with Crippen molar-refractivity contribution in [1.82, 2.24) is 4.98 Å². The first-order chi connectivity index (χ1) is 9.62. The second-order valence-corrected chi connectivity index (χ2v) is 4.30. The van der Waals surface area contributed by atoms with Crippen LogP contribution in [0.1, 0.15) is 11.1 Å². The van der Waals surface area contributed by atoms with Gasteiger partial charge in [0.05, 0.1) is 7.11 Å². The van der Waals surface area contributed by atoms with E-state index < -0.39 is 0 Å². The summed E-state index contributed by atoms with van der Waals surface area (Å²) >= 11 is 5.84. The summed E-state index contributed by atoms with van der Waals surface area (Å²) in [4.78, 5) is 3.92. The molecule has 1 aromatic heterocycles. The first kappa shape index (κ1) is 13.7. The van der Waals surface area contributed by atoms with E-state index in [9.17, 15) is 10.5 Å². The van der Waals surface area contributed by atoms with Crippen LogP contribution in [0.3, 0.4) is 0 Å². The van der Waals surface area contributed by atoms with Crippen molar-refractivity contribution >= 4 is 17.4 Å². The Bertz CT molecular complexity index is 742. The predicted molar refractivity (Wildman–Crippen MR) is 75.1 cm³/mol. The van der Waals surface area contributed by atoms with Gasteiger partial charge in [0.15, 0.2) is 0 Å². The monoisotopic (exact) mass is 284 g/mol. The molecule has 2 N–H and O–H groups in total. The molecule has 0 aliphatic rings. The number of nitrogen functional groups attached to an aromatic ring is 1. The zero-order valence-electron chi connectivity index (χ0n) is 10.5. The molecule has 0 saturated heterocycles. The average molecular weight is 285 g/mol. The molecular weight excluding hydrogens is 276 g/mol. The topological polar surface area (TPSA) is 95.7 Å². The molecule has 0 unspecified atom stereocenters. The lowest BCUT2D eigenvalue weighted by molar-refractivity contribution is 0.397. The van der Waals surface area contributed by atoms with Gasteiger partial charge in [-0.15, -0.1) is 0 Å². The van der Waals surface area contributed by atoms with Crippen molar-refractivity contribution in [3.05, 3.63) is 40.4 Å². The first-order valence-corrected chi connectivity index (χ1v) is 5.93. The number of benzene rings is 1. The fraction of sp³-hybridized carbons (Fsp3) is 0.0714. The minimum absolute atomic E-state index is 0.0216. The second kappa shape index (κ2) is 5.48. The number of hydrogen-bond donors (Lipinski definition) is 1. The highest BCUT2D eigenvalue weighted by Crippen LogP contribution is 2.35. The van der Waals surface area contributed by atoms with Crippen molar-refractivity contribution in [1.29, 1.82) is 10.5 Å². The fourth-order valence-corrected chi connectivity index (χ4v) is 1.98. The Morgan fingerprint density at radius 2 is 1.75 bits per heavy atom. The molecule has 0 radical (unpaired) electrons. The molecule has 20 heavy (non-hydrogen) atoms. The molecule has 0 aliphatic heterocycles. The van der Waals surface area contributed by atoms with Crippen LogP contribution >= 0.6 is 11.6 Å². The van der Waals surface area contributed by atoms with E-state index in [1.807, 2.05) is 12.1 Å². The quantitative estimate of drug-likeness (QED) is 0.914. The van der Waals surface area contributed by atoms with Crippen molar-refractivity contribution < 1.29 is 4.74 Å². The number of nitrogens with zero attached hydrogens (tertiary/aromatic N) is 3. The Kier molecular flexibility index (Phi) is 3.74. The molecule has 0 amide bonds. The highest BCUT2D eigenvalue weighted by Gasteiger charge is 2.20. The zero-order valence-corrected chi connectivity index (χ0v) is 11.3. The minimum atomic E-state index is 0.0216. The molecule has 1 heterocycles. The summed E-state index contributed by atoms with van der Waals surface area (Å²) in [5, 5.41) is 19.1. The molecule has 98 valence electrons. The fourth-order valence-electron chi connectivity index (χ4n) is 1.85. The molecular formula is C14H9ClN4O. The summed E-state index contributed by atoms with van der Waals surface area (Å²) in [6.07, 6.45) is 0. The number of nitriles is 2. The Morgan fingerprint density at radius 1 is 1.15 bits per heavy atom. The molecule has 0 fully saturated rings. The van der Waals surface area contributed by atoms with E-state index in [0.717, 1.165) is 0 Å². The van der Waals surface area contributed by atoms with Crippen molar-refractivity contribution in [3.8, 4) is 29.1 Å². The normalized spacial score (nSPS) is 9.60. The van der Waals surface area contributed by atoms with Crippen LogP contribution in [-0.2, 0) is 0 Å². The van der Waals surface area contributed by atoms with E-state index in [1.54, 1.807) is 24.3 Å². The Morgan fingerprint density at radius 3 is 2.25 bits per heavy atom. The maximum atomic E-state index is 9.31. The van der Waals surface area contributed by atoms with Gasteiger partial charge in [0.2, 0.25) is 5.88 Å². The number of hydrogen-bond acceptors (Lipinski definition) is 5. The summed E-state index contributed by atoms with van der Waals surface area (Å²) in [5.41, 5.74) is 7.11. The molecule has 0 saturated carbocycles. The van der Waals surface area contributed by atoms with Crippen LogP contribution in [0.4, 0.5) is 5.82 Å². The number of halogens is 1. The van der Waals surface area contributed by atoms with E-state index in [0.29, 0.717) is 16.1 Å². The summed E-state index contributed by atoms with van der Waals surface area (Å²) in [6.45, 7) is 0. The average Bonchev–Trinajstić information content (AvgIpc) is 2.46. The maximum Gasteiger partial charge on any atom is 0.234 e. The molecule has 2 rings (SSSR count). The number of rotatable bonds is 2. The predicted octanol–water partition coefficient (Wildman–Crippen LogP) is 2.74. The largest absolute Gasteiger partial charge is 0.480 e. The first-order valence-electron chi connectivity index (χ1n) is 5.56. The van der Waals surface area contributed by atoms with Crippen molar-refractivity contribution in [3.63, 3.8) is 0 Å². The Labute approximate surface area is 120 Å². The van der Waals surface area contributed by atoms with E-state index in [1.165, 1.54) is 7.11 Å². The van der Waals surface area contributed by atoms with Crippen molar-refractivity contribution in [2.45, 2.75) is 0 Å². The van der Waals surface area contributed by atoms with E-state index in [2.05, 4.69) is 4.98 Å². The lowest BCUT2D eigenvalue weighted by Gasteiger charge is -2.12. The van der Waals surface area contributed by atoms with Crippen LogP contribution < -0.4 is 10.5 Å². The van der Waals surface area contributed by atoms with Crippen LogP contribution in [0.15, 0.2) is 24.3 Å². The van der Waals surface area contributed by atoms with E-state index >= 15 is 0 Å². The number of nitrogens with two attached hydrogens (primary N) is 1. The maximum absolute atomic E-state index is 9.31. The molecule has 5 nitrogen and oxygen atoms in total. The minimum Gasteiger partial charge on any atom is -0.480 e. The van der Waals surface area contributed by atoms with E-state index in [4.69, 9.17) is 22.1 Å². The highest BCUT2D eigenvalue weighted by atomic mass is 35.5. The molecule has 0 aliphatic carbocycles. The highest BCUT2D eigenvalue weighted by molar-refractivity contribution is 6.30. The lowest BCUT2D eigenvalue weighted by atomic mass is 9.96. The van der Waals surface area contributed by atoms with Crippen LogP contribution in [0.25, 0.3) is 11.1 Å². The summed E-state index contributed by atoms with van der Waals surface area (Å²) < 4.78 is 5.05. The molecule has 0 spiro atoms. The van der Waals surface area contributed by atoms with Crippen LogP contribution in [0, 0.1) is 22.7 Å². The van der Waals surface area contributed by atoms with Gasteiger partial charge >= 0.3 is 0 Å². The summed E-state index contributed by atoms with van der Waals surface area (Å²) in [6, 6.07) is 10.7. The Balaban J connectivity index is 2.85. The third-order valence-corrected chi connectivity index (χ3v) is 2.99. The lowest BCUT2D eigenvalue weighted by Crippen LogP contribution is -2.04. The SMILES string of the molecule is COc1nc(N)c(C#N)c(-c2ccc(Cl)cc2)c1C#N. The van der Waals surface area contributed by atoms with Gasteiger partial charge in [-0.25, -0.2) is 0 Å².